The number of primary amides is 1. The van der Waals surface area contributed by atoms with Crippen LogP contribution in [0.2, 0.25) is 5.02 Å². The van der Waals surface area contributed by atoms with Gasteiger partial charge in [0.2, 0.25) is 10.0 Å². The molecular formula is C21H23ClN4O6S3. The van der Waals surface area contributed by atoms with E-state index in [1.165, 1.54) is 18.4 Å². The van der Waals surface area contributed by atoms with Crippen molar-refractivity contribution in [3.63, 3.8) is 0 Å². The molecule has 0 radical (unpaired) electrons. The van der Waals surface area contributed by atoms with Crippen LogP contribution in [0.1, 0.15) is 32.1 Å². The Kier molecular flexibility index (Phi) is 7.48. The molecule has 0 aliphatic heterocycles. The van der Waals surface area contributed by atoms with Crippen LogP contribution in [-0.2, 0) is 20.0 Å². The predicted molar refractivity (Wildman–Crippen MR) is 135 cm³/mol. The van der Waals surface area contributed by atoms with Gasteiger partial charge in [0.25, 0.3) is 21.8 Å². The average molecular weight is 559 g/mol. The first kappa shape index (κ1) is 26.9. The van der Waals surface area contributed by atoms with Crippen molar-refractivity contribution < 1.29 is 26.2 Å². The molecule has 35 heavy (non-hydrogen) atoms. The summed E-state index contributed by atoms with van der Waals surface area (Å²) in [5, 5.41) is 5.02. The van der Waals surface area contributed by atoms with E-state index in [2.05, 4.69) is 21.2 Å². The number of hydrogen-bond donors (Lipinski definition) is 3. The third-order valence-electron chi connectivity index (χ3n) is 5.11. The number of halogens is 1. The molecule has 3 aromatic rings. The van der Waals surface area contributed by atoms with E-state index in [1.807, 2.05) is 0 Å². The SMILES string of the molecule is C=CCNS(=O)(=O)c1c(C)cc(C)c(-c2csc(C(N)=O)c2S(=O)(=O)Nc2onc(C)c2Cl)c1C. The number of aromatic nitrogens is 1. The monoisotopic (exact) mass is 558 g/mol. The number of benzene rings is 1. The molecule has 10 nitrogen and oxygen atoms in total. The maximum Gasteiger partial charge on any atom is 0.266 e. The quantitative estimate of drug-likeness (QED) is 0.337. The molecule has 188 valence electrons. The molecule has 4 N–H and O–H groups in total. The van der Waals surface area contributed by atoms with Crippen molar-refractivity contribution in [3.05, 3.63) is 56.4 Å². The topological polar surface area (TPSA) is 161 Å². The van der Waals surface area contributed by atoms with Gasteiger partial charge < -0.3 is 10.3 Å². The fourth-order valence-corrected chi connectivity index (χ4v) is 8.06. The minimum Gasteiger partial charge on any atom is -0.365 e. The Hall–Kier alpha value is -2.71. The maximum atomic E-state index is 13.5. The Morgan fingerprint density at radius 1 is 1.17 bits per heavy atom. The summed E-state index contributed by atoms with van der Waals surface area (Å²) in [6, 6.07) is 1.63. The van der Waals surface area contributed by atoms with Gasteiger partial charge in [-0.05, 0) is 49.9 Å². The Bertz CT molecular complexity index is 1560. The zero-order valence-electron chi connectivity index (χ0n) is 19.2. The van der Waals surface area contributed by atoms with Crippen molar-refractivity contribution in [1.82, 2.24) is 9.88 Å². The molecule has 0 saturated heterocycles. The van der Waals surface area contributed by atoms with Gasteiger partial charge in [0.15, 0.2) is 0 Å². The lowest BCUT2D eigenvalue weighted by atomic mass is 9.95. The number of thiophene rings is 1. The number of amides is 1. The van der Waals surface area contributed by atoms with Crippen molar-refractivity contribution in [2.24, 2.45) is 5.73 Å². The smallest absolute Gasteiger partial charge is 0.266 e. The predicted octanol–water partition coefficient (Wildman–Crippen LogP) is 3.65. The number of rotatable bonds is 9. The van der Waals surface area contributed by atoms with Crippen molar-refractivity contribution in [3.8, 4) is 11.1 Å². The van der Waals surface area contributed by atoms with Crippen molar-refractivity contribution in [2.45, 2.75) is 37.5 Å². The number of carbonyl (C=O) groups is 1. The maximum absolute atomic E-state index is 13.5. The molecule has 2 aromatic heterocycles. The first-order valence-electron chi connectivity index (χ1n) is 10.0. The molecule has 0 aliphatic rings. The van der Waals surface area contributed by atoms with Gasteiger partial charge in [0.1, 0.15) is 20.5 Å². The number of nitrogens with one attached hydrogen (secondary N) is 2. The molecule has 3 rings (SSSR count). The standard InChI is InChI=1S/C21H23ClN4O6S3/c1-6-7-24-34(28,29)18-11(3)8-10(2)15(12(18)4)14-9-33-17(20(23)27)19(14)35(30,31)26-21-16(22)13(5)25-32-21/h6,8-9,24,26H,1,7H2,2-5H3,(H2,23,27). The van der Waals surface area contributed by atoms with E-state index in [-0.39, 0.29) is 38.5 Å². The van der Waals surface area contributed by atoms with Crippen molar-refractivity contribution in [2.75, 3.05) is 11.3 Å². The second-order valence-corrected chi connectivity index (χ2v) is 12.2. The molecule has 1 amide bonds. The highest BCUT2D eigenvalue weighted by molar-refractivity contribution is 7.93. The lowest BCUT2D eigenvalue weighted by molar-refractivity contribution is 0.100. The van der Waals surface area contributed by atoms with Gasteiger partial charge in [-0.25, -0.2) is 26.3 Å². The molecule has 1 aromatic carbocycles. The number of hydrogen-bond acceptors (Lipinski definition) is 8. The fraction of sp³-hybridized carbons (Fsp3) is 0.238. The van der Waals surface area contributed by atoms with E-state index in [1.54, 1.807) is 26.8 Å². The van der Waals surface area contributed by atoms with Gasteiger partial charge in [-0.3, -0.25) is 4.79 Å². The fourth-order valence-electron chi connectivity index (χ4n) is 3.79. The molecule has 0 unspecified atom stereocenters. The zero-order chi connectivity index (χ0) is 26.3. The molecule has 14 heteroatoms. The molecule has 0 atom stereocenters. The summed E-state index contributed by atoms with van der Waals surface area (Å²) in [6.07, 6.45) is 1.40. The average Bonchev–Trinajstić information content (AvgIpc) is 3.31. The molecule has 0 bridgehead atoms. The lowest BCUT2D eigenvalue weighted by Crippen LogP contribution is -2.25. The summed E-state index contributed by atoms with van der Waals surface area (Å²) in [6.45, 7) is 9.97. The van der Waals surface area contributed by atoms with Crippen LogP contribution in [0.15, 0.2) is 38.4 Å². The summed E-state index contributed by atoms with van der Waals surface area (Å²) in [5.74, 6) is -1.30. The number of carbonyl (C=O) groups excluding carboxylic acids is 1. The van der Waals surface area contributed by atoms with E-state index >= 15 is 0 Å². The largest absolute Gasteiger partial charge is 0.365 e. The summed E-state index contributed by atoms with van der Waals surface area (Å²) in [4.78, 5) is 11.5. The summed E-state index contributed by atoms with van der Waals surface area (Å²) in [5.41, 5.74) is 7.56. The van der Waals surface area contributed by atoms with Gasteiger partial charge in [0, 0.05) is 17.5 Å². The van der Waals surface area contributed by atoms with Crippen LogP contribution in [0.3, 0.4) is 0 Å². The normalized spacial score (nSPS) is 12.0. The van der Waals surface area contributed by atoms with E-state index in [0.29, 0.717) is 22.3 Å². The van der Waals surface area contributed by atoms with Crippen LogP contribution >= 0.6 is 22.9 Å². The van der Waals surface area contributed by atoms with Crippen LogP contribution in [0.5, 0.6) is 0 Å². The van der Waals surface area contributed by atoms with Crippen molar-refractivity contribution >= 4 is 54.8 Å². The number of nitrogens with two attached hydrogens (primary N) is 1. The molecule has 0 fully saturated rings. The van der Waals surface area contributed by atoms with Gasteiger partial charge in [-0.15, -0.1) is 17.9 Å². The number of nitrogens with zero attached hydrogens (tertiary/aromatic N) is 1. The highest BCUT2D eigenvalue weighted by Crippen LogP contribution is 2.42. The van der Waals surface area contributed by atoms with Gasteiger partial charge >= 0.3 is 0 Å². The molecule has 0 aliphatic carbocycles. The number of anilines is 1. The summed E-state index contributed by atoms with van der Waals surface area (Å²) < 4.78 is 62.5. The van der Waals surface area contributed by atoms with Gasteiger partial charge in [-0.2, -0.15) is 0 Å². The Morgan fingerprint density at radius 2 is 1.83 bits per heavy atom. The molecule has 2 heterocycles. The Labute approximate surface area is 212 Å². The van der Waals surface area contributed by atoms with E-state index in [0.717, 1.165) is 11.3 Å². The minimum atomic E-state index is -4.48. The highest BCUT2D eigenvalue weighted by Gasteiger charge is 2.33. The van der Waals surface area contributed by atoms with Gasteiger partial charge in [0.05, 0.1) is 4.90 Å². The second kappa shape index (κ2) is 9.74. The third-order valence-corrected chi connectivity index (χ3v) is 9.81. The number of aryl methyl sites for hydroxylation is 3. The first-order valence-corrected chi connectivity index (χ1v) is 14.2. The van der Waals surface area contributed by atoms with Crippen LogP contribution in [-0.4, -0.2) is 34.4 Å². The zero-order valence-corrected chi connectivity index (χ0v) is 22.4. The Balaban J connectivity index is 2.31. The first-order chi connectivity index (χ1) is 16.2. The van der Waals surface area contributed by atoms with Crippen LogP contribution in [0.25, 0.3) is 11.1 Å². The lowest BCUT2D eigenvalue weighted by Gasteiger charge is -2.18. The van der Waals surface area contributed by atoms with E-state index < -0.39 is 30.8 Å². The molecule has 0 saturated carbocycles. The highest BCUT2D eigenvalue weighted by atomic mass is 35.5. The van der Waals surface area contributed by atoms with Crippen LogP contribution < -0.4 is 15.2 Å². The van der Waals surface area contributed by atoms with Crippen molar-refractivity contribution in [1.29, 1.82) is 0 Å². The Morgan fingerprint density at radius 3 is 2.37 bits per heavy atom. The van der Waals surface area contributed by atoms with E-state index in [9.17, 15) is 21.6 Å². The molecule has 0 spiro atoms. The number of sulfonamides is 2. The molecular weight excluding hydrogens is 536 g/mol. The van der Waals surface area contributed by atoms with E-state index in [4.69, 9.17) is 21.9 Å². The second-order valence-electron chi connectivity index (χ2n) is 7.67. The summed E-state index contributed by atoms with van der Waals surface area (Å²) in [7, 11) is -8.43. The van der Waals surface area contributed by atoms with Crippen LogP contribution in [0, 0.1) is 27.7 Å². The summed E-state index contributed by atoms with van der Waals surface area (Å²) >= 11 is 6.89. The van der Waals surface area contributed by atoms with Crippen LogP contribution in [0.4, 0.5) is 5.88 Å². The van der Waals surface area contributed by atoms with Gasteiger partial charge in [-0.1, -0.05) is 28.9 Å². The third kappa shape index (κ3) is 5.00. The minimum absolute atomic E-state index is 0.00279.